The van der Waals surface area contributed by atoms with E-state index in [1.165, 1.54) is 0 Å². The summed E-state index contributed by atoms with van der Waals surface area (Å²) >= 11 is 5.95. The van der Waals surface area contributed by atoms with Gasteiger partial charge >= 0.3 is 0 Å². The molecule has 0 aliphatic rings. The molecule has 0 aliphatic heterocycles. The quantitative estimate of drug-likeness (QED) is 0.913. The van der Waals surface area contributed by atoms with E-state index < -0.39 is 0 Å². The minimum atomic E-state index is -0.204. The molecule has 0 aliphatic carbocycles. The van der Waals surface area contributed by atoms with Crippen LogP contribution in [0, 0.1) is 6.92 Å². The maximum atomic E-state index is 11.9. The van der Waals surface area contributed by atoms with E-state index in [2.05, 4.69) is 5.32 Å². The van der Waals surface area contributed by atoms with Gasteiger partial charge in [-0.2, -0.15) is 0 Å². The van der Waals surface area contributed by atoms with Gasteiger partial charge in [-0.15, -0.1) is 0 Å². The average molecular weight is 319 g/mol. The molecule has 4 nitrogen and oxygen atoms in total. The van der Waals surface area contributed by atoms with Gasteiger partial charge in [0.2, 0.25) is 0 Å². The third kappa shape index (κ3) is 4.40. The first-order valence-corrected chi connectivity index (χ1v) is 7.29. The van der Waals surface area contributed by atoms with Crippen LogP contribution in [0.25, 0.3) is 0 Å². The van der Waals surface area contributed by atoms with E-state index in [0.717, 1.165) is 16.9 Å². The van der Waals surface area contributed by atoms with Crippen molar-refractivity contribution in [2.24, 2.45) is 0 Å². The number of benzene rings is 2. The first-order chi connectivity index (χ1) is 10.5. The van der Waals surface area contributed by atoms with E-state index in [1.807, 2.05) is 56.3 Å². The zero-order valence-corrected chi connectivity index (χ0v) is 13.6. The van der Waals surface area contributed by atoms with E-state index in [0.29, 0.717) is 10.8 Å². The van der Waals surface area contributed by atoms with Crippen molar-refractivity contribution in [2.75, 3.05) is 30.9 Å². The normalized spacial score (nSPS) is 10.2. The summed E-state index contributed by atoms with van der Waals surface area (Å²) in [6.07, 6.45) is 0. The predicted molar refractivity (Wildman–Crippen MR) is 91.1 cm³/mol. The van der Waals surface area contributed by atoms with Gasteiger partial charge in [0.25, 0.3) is 5.91 Å². The summed E-state index contributed by atoms with van der Waals surface area (Å²) in [6.45, 7) is 1.85. The van der Waals surface area contributed by atoms with Crippen molar-refractivity contribution in [1.29, 1.82) is 0 Å². The van der Waals surface area contributed by atoms with Gasteiger partial charge in [-0.1, -0.05) is 11.6 Å². The zero-order chi connectivity index (χ0) is 16.1. The molecule has 0 saturated heterocycles. The number of anilines is 2. The molecule has 0 atom stereocenters. The van der Waals surface area contributed by atoms with Crippen LogP contribution in [0.5, 0.6) is 5.75 Å². The standard InChI is InChI=1S/C17H19ClN2O2/c1-12-10-15(8-9-16(12)18)22-11-17(21)19-13-4-6-14(7-5-13)20(2)3/h4-10H,11H2,1-3H3,(H,19,21). The molecule has 2 rings (SSSR count). The monoisotopic (exact) mass is 318 g/mol. The van der Waals surface area contributed by atoms with Gasteiger partial charge < -0.3 is 15.0 Å². The van der Waals surface area contributed by atoms with Crippen LogP contribution in [-0.4, -0.2) is 26.6 Å². The van der Waals surface area contributed by atoms with Crippen LogP contribution in [0.3, 0.4) is 0 Å². The lowest BCUT2D eigenvalue weighted by Crippen LogP contribution is -2.20. The number of hydrogen-bond acceptors (Lipinski definition) is 3. The summed E-state index contributed by atoms with van der Waals surface area (Å²) < 4.78 is 5.46. The summed E-state index contributed by atoms with van der Waals surface area (Å²) in [5, 5.41) is 3.47. The Labute approximate surface area is 135 Å². The number of aryl methyl sites for hydroxylation is 1. The first-order valence-electron chi connectivity index (χ1n) is 6.92. The molecule has 1 amide bonds. The molecule has 0 saturated carbocycles. The minimum Gasteiger partial charge on any atom is -0.484 e. The highest BCUT2D eigenvalue weighted by Crippen LogP contribution is 2.21. The summed E-state index contributed by atoms with van der Waals surface area (Å²) in [5.74, 6) is 0.421. The molecule has 1 N–H and O–H groups in total. The molecule has 0 heterocycles. The van der Waals surface area contributed by atoms with Crippen molar-refractivity contribution in [1.82, 2.24) is 0 Å². The van der Waals surface area contributed by atoms with Crippen molar-refractivity contribution in [2.45, 2.75) is 6.92 Å². The fraction of sp³-hybridized carbons (Fsp3) is 0.235. The lowest BCUT2D eigenvalue weighted by Gasteiger charge is -2.13. The number of halogens is 1. The molecule has 0 aromatic heterocycles. The summed E-state index contributed by atoms with van der Waals surface area (Å²) in [7, 11) is 3.94. The largest absolute Gasteiger partial charge is 0.484 e. The summed E-state index contributed by atoms with van der Waals surface area (Å²) in [5.41, 5.74) is 2.73. The Hall–Kier alpha value is -2.20. The van der Waals surface area contributed by atoms with Crippen molar-refractivity contribution in [3.8, 4) is 5.75 Å². The topological polar surface area (TPSA) is 41.6 Å². The number of ether oxygens (including phenoxy) is 1. The van der Waals surface area contributed by atoms with Gasteiger partial charge in [-0.05, 0) is 55.0 Å². The van der Waals surface area contributed by atoms with Crippen molar-refractivity contribution >= 4 is 28.9 Å². The highest BCUT2D eigenvalue weighted by atomic mass is 35.5. The van der Waals surface area contributed by atoms with Crippen molar-refractivity contribution in [3.63, 3.8) is 0 Å². The number of nitrogens with zero attached hydrogens (tertiary/aromatic N) is 1. The number of carbonyl (C=O) groups is 1. The van der Waals surface area contributed by atoms with Crippen LogP contribution in [0.1, 0.15) is 5.56 Å². The Morgan fingerprint density at radius 3 is 2.45 bits per heavy atom. The van der Waals surface area contributed by atoms with Crippen LogP contribution in [-0.2, 0) is 4.79 Å². The Morgan fingerprint density at radius 2 is 1.86 bits per heavy atom. The smallest absolute Gasteiger partial charge is 0.262 e. The molecular formula is C17H19ClN2O2. The lowest BCUT2D eigenvalue weighted by atomic mass is 10.2. The molecule has 0 fully saturated rings. The van der Waals surface area contributed by atoms with Crippen LogP contribution < -0.4 is 15.0 Å². The lowest BCUT2D eigenvalue weighted by molar-refractivity contribution is -0.118. The zero-order valence-electron chi connectivity index (χ0n) is 12.9. The van der Waals surface area contributed by atoms with Gasteiger partial charge in [-0.25, -0.2) is 0 Å². The fourth-order valence-electron chi connectivity index (χ4n) is 1.90. The third-order valence-electron chi connectivity index (χ3n) is 3.17. The summed E-state index contributed by atoms with van der Waals surface area (Å²) in [4.78, 5) is 13.9. The Kier molecular flexibility index (Phi) is 5.28. The van der Waals surface area contributed by atoms with Crippen LogP contribution >= 0.6 is 11.6 Å². The van der Waals surface area contributed by atoms with Gasteiger partial charge in [-0.3, -0.25) is 4.79 Å². The number of rotatable bonds is 5. The molecule has 2 aromatic rings. The second-order valence-electron chi connectivity index (χ2n) is 5.19. The third-order valence-corrected chi connectivity index (χ3v) is 3.59. The molecule has 5 heteroatoms. The van der Waals surface area contributed by atoms with E-state index in [9.17, 15) is 4.79 Å². The van der Waals surface area contributed by atoms with E-state index in [1.54, 1.807) is 12.1 Å². The molecule has 0 unspecified atom stereocenters. The summed E-state index contributed by atoms with van der Waals surface area (Å²) in [6, 6.07) is 12.9. The number of carbonyl (C=O) groups excluding carboxylic acids is 1. The van der Waals surface area contributed by atoms with Gasteiger partial charge in [0, 0.05) is 30.5 Å². The molecule has 22 heavy (non-hydrogen) atoms. The van der Waals surface area contributed by atoms with Gasteiger partial charge in [0.1, 0.15) is 5.75 Å². The number of amides is 1. The molecule has 2 aromatic carbocycles. The second-order valence-corrected chi connectivity index (χ2v) is 5.60. The van der Waals surface area contributed by atoms with E-state index in [-0.39, 0.29) is 12.5 Å². The Balaban J connectivity index is 1.88. The maximum Gasteiger partial charge on any atom is 0.262 e. The molecule has 116 valence electrons. The van der Waals surface area contributed by atoms with Crippen LogP contribution in [0.2, 0.25) is 5.02 Å². The molecule has 0 spiro atoms. The van der Waals surface area contributed by atoms with Crippen LogP contribution in [0.4, 0.5) is 11.4 Å². The fourth-order valence-corrected chi connectivity index (χ4v) is 2.01. The first kappa shape index (κ1) is 16.2. The van der Waals surface area contributed by atoms with Crippen LogP contribution in [0.15, 0.2) is 42.5 Å². The molecule has 0 bridgehead atoms. The second kappa shape index (κ2) is 7.18. The highest BCUT2D eigenvalue weighted by Gasteiger charge is 2.05. The number of nitrogens with one attached hydrogen (secondary N) is 1. The Morgan fingerprint density at radius 1 is 1.18 bits per heavy atom. The van der Waals surface area contributed by atoms with E-state index in [4.69, 9.17) is 16.3 Å². The van der Waals surface area contributed by atoms with Crippen molar-refractivity contribution in [3.05, 3.63) is 53.1 Å². The molecule has 0 radical (unpaired) electrons. The number of hydrogen-bond donors (Lipinski definition) is 1. The van der Waals surface area contributed by atoms with Gasteiger partial charge in [0.15, 0.2) is 6.61 Å². The highest BCUT2D eigenvalue weighted by molar-refractivity contribution is 6.31. The molecular weight excluding hydrogens is 300 g/mol. The maximum absolute atomic E-state index is 11.9. The predicted octanol–water partition coefficient (Wildman–Crippen LogP) is 3.73. The SMILES string of the molecule is Cc1cc(OCC(=O)Nc2ccc(N(C)C)cc2)ccc1Cl. The van der Waals surface area contributed by atoms with Gasteiger partial charge in [0.05, 0.1) is 0 Å². The van der Waals surface area contributed by atoms with E-state index >= 15 is 0 Å². The minimum absolute atomic E-state index is 0.0451. The average Bonchev–Trinajstić information content (AvgIpc) is 2.49. The Bertz CT molecular complexity index is 654. The van der Waals surface area contributed by atoms with Crippen molar-refractivity contribution < 1.29 is 9.53 Å².